The van der Waals surface area contributed by atoms with E-state index in [4.69, 9.17) is 30.3 Å². The lowest BCUT2D eigenvalue weighted by molar-refractivity contribution is 0.390. The first-order chi connectivity index (χ1) is 11.7. The molecular weight excluding hydrogens is 332 g/mol. The number of halogens is 1. The van der Waals surface area contributed by atoms with Crippen molar-refractivity contribution in [3.63, 3.8) is 0 Å². The molecule has 0 atom stereocenters. The first-order valence-corrected chi connectivity index (χ1v) is 7.44. The second-order valence-corrected chi connectivity index (χ2v) is 5.27. The van der Waals surface area contributed by atoms with E-state index in [0.717, 1.165) is 0 Å². The first kappa shape index (κ1) is 16.1. The Morgan fingerprint density at radius 1 is 0.875 bits per heavy atom. The first-order valence-electron chi connectivity index (χ1n) is 7.06. The number of methoxy groups -OCH3 is 3. The fourth-order valence-corrected chi connectivity index (χ4v) is 2.44. The molecule has 0 aliphatic carbocycles. The smallest absolute Gasteiger partial charge is 0.262 e. The summed E-state index contributed by atoms with van der Waals surface area (Å²) in [5, 5.41) is 4.57. The number of hydrogen-bond acceptors (Lipinski definition) is 6. The van der Waals surface area contributed by atoms with Crippen LogP contribution < -0.4 is 14.2 Å². The maximum absolute atomic E-state index is 6.05. The monoisotopic (exact) mass is 346 g/mol. The van der Waals surface area contributed by atoms with E-state index in [9.17, 15) is 0 Å². The zero-order valence-corrected chi connectivity index (χ0v) is 14.1. The van der Waals surface area contributed by atoms with Crippen LogP contribution in [0, 0.1) is 0 Å². The van der Waals surface area contributed by atoms with Crippen molar-refractivity contribution >= 4 is 11.6 Å². The van der Waals surface area contributed by atoms with Crippen LogP contribution in [-0.2, 0) is 0 Å². The van der Waals surface area contributed by atoms with Crippen LogP contribution in [0.5, 0.6) is 17.2 Å². The van der Waals surface area contributed by atoms with Gasteiger partial charge in [0.25, 0.3) is 5.89 Å². The molecule has 7 heteroatoms. The molecule has 124 valence electrons. The Bertz CT molecular complexity index is 864. The number of nitrogens with zero attached hydrogens (tertiary/aromatic N) is 2. The minimum atomic E-state index is 0.325. The Hall–Kier alpha value is -2.73. The number of rotatable bonds is 5. The lowest BCUT2D eigenvalue weighted by atomic mass is 10.1. The largest absolute Gasteiger partial charge is 0.497 e. The zero-order chi connectivity index (χ0) is 17.1. The van der Waals surface area contributed by atoms with Crippen LogP contribution in [0.25, 0.3) is 22.8 Å². The molecule has 3 rings (SSSR count). The van der Waals surface area contributed by atoms with Gasteiger partial charge < -0.3 is 18.7 Å². The predicted octanol–water partition coefficient (Wildman–Crippen LogP) is 4.08. The van der Waals surface area contributed by atoms with E-state index in [1.54, 1.807) is 57.7 Å². The predicted molar refractivity (Wildman–Crippen MR) is 89.8 cm³/mol. The molecule has 0 aliphatic rings. The molecule has 0 saturated heterocycles. The summed E-state index contributed by atoms with van der Waals surface area (Å²) in [6.07, 6.45) is 0. The summed E-state index contributed by atoms with van der Waals surface area (Å²) in [4.78, 5) is 4.43. The van der Waals surface area contributed by atoms with Crippen LogP contribution in [0.4, 0.5) is 0 Å². The highest BCUT2D eigenvalue weighted by atomic mass is 35.5. The maximum atomic E-state index is 6.05. The quantitative estimate of drug-likeness (QED) is 0.693. The zero-order valence-electron chi connectivity index (χ0n) is 13.4. The van der Waals surface area contributed by atoms with Crippen molar-refractivity contribution in [1.29, 1.82) is 0 Å². The van der Waals surface area contributed by atoms with Gasteiger partial charge in [-0.25, -0.2) is 0 Å². The maximum Gasteiger partial charge on any atom is 0.262 e. The van der Waals surface area contributed by atoms with Gasteiger partial charge >= 0.3 is 0 Å². The van der Waals surface area contributed by atoms with Gasteiger partial charge in [0, 0.05) is 11.1 Å². The SMILES string of the molecule is COc1ccc(-c2nc(-c3cc(Cl)ccc3OC)no2)c(OC)c1. The second-order valence-electron chi connectivity index (χ2n) is 4.83. The second kappa shape index (κ2) is 6.80. The minimum absolute atomic E-state index is 0.325. The summed E-state index contributed by atoms with van der Waals surface area (Å²) in [6.45, 7) is 0. The van der Waals surface area contributed by atoms with E-state index in [0.29, 0.717) is 45.1 Å². The molecule has 0 radical (unpaired) electrons. The summed E-state index contributed by atoms with van der Waals surface area (Å²) >= 11 is 6.05. The fourth-order valence-electron chi connectivity index (χ4n) is 2.27. The fraction of sp³-hybridized carbons (Fsp3) is 0.176. The summed E-state index contributed by atoms with van der Waals surface area (Å²) in [6, 6.07) is 10.5. The van der Waals surface area contributed by atoms with Gasteiger partial charge in [0.2, 0.25) is 5.82 Å². The third-order valence-corrected chi connectivity index (χ3v) is 3.70. The average Bonchev–Trinajstić information content (AvgIpc) is 3.10. The summed E-state index contributed by atoms with van der Waals surface area (Å²) in [5.41, 5.74) is 1.31. The number of aromatic nitrogens is 2. The Morgan fingerprint density at radius 2 is 1.67 bits per heavy atom. The van der Waals surface area contributed by atoms with E-state index < -0.39 is 0 Å². The van der Waals surface area contributed by atoms with Gasteiger partial charge in [-0.05, 0) is 30.3 Å². The van der Waals surface area contributed by atoms with Crippen LogP contribution in [0.2, 0.25) is 5.02 Å². The molecule has 3 aromatic rings. The average molecular weight is 347 g/mol. The van der Waals surface area contributed by atoms with Crippen molar-refractivity contribution in [3.05, 3.63) is 41.4 Å². The third kappa shape index (κ3) is 3.00. The standard InChI is InChI=1S/C17H15ClN2O4/c1-21-11-5-6-12(15(9-11)23-3)17-19-16(20-24-17)13-8-10(18)4-7-14(13)22-2/h4-9H,1-3H3. The Morgan fingerprint density at radius 3 is 2.38 bits per heavy atom. The van der Waals surface area contributed by atoms with Gasteiger partial charge in [-0.2, -0.15) is 4.98 Å². The van der Waals surface area contributed by atoms with Crippen LogP contribution >= 0.6 is 11.6 Å². The normalized spacial score (nSPS) is 10.5. The molecular formula is C17H15ClN2O4. The molecule has 0 spiro atoms. The summed E-state index contributed by atoms with van der Waals surface area (Å²) < 4.78 is 21.3. The van der Waals surface area contributed by atoms with Crippen molar-refractivity contribution in [2.75, 3.05) is 21.3 Å². The molecule has 0 N–H and O–H groups in total. The molecule has 0 unspecified atom stereocenters. The van der Waals surface area contributed by atoms with Crippen molar-refractivity contribution in [2.45, 2.75) is 0 Å². The van der Waals surface area contributed by atoms with Gasteiger partial charge in [-0.1, -0.05) is 16.8 Å². The summed E-state index contributed by atoms with van der Waals surface area (Å²) in [7, 11) is 4.72. The van der Waals surface area contributed by atoms with Crippen molar-refractivity contribution < 1.29 is 18.7 Å². The minimum Gasteiger partial charge on any atom is -0.497 e. The van der Waals surface area contributed by atoms with E-state index in [-0.39, 0.29) is 0 Å². The topological polar surface area (TPSA) is 66.6 Å². The van der Waals surface area contributed by atoms with Crippen molar-refractivity contribution in [2.24, 2.45) is 0 Å². The van der Waals surface area contributed by atoms with E-state index in [1.165, 1.54) is 0 Å². The van der Waals surface area contributed by atoms with Crippen LogP contribution in [-0.4, -0.2) is 31.5 Å². The molecule has 6 nitrogen and oxygen atoms in total. The highest BCUT2D eigenvalue weighted by Gasteiger charge is 2.18. The number of ether oxygens (including phenoxy) is 3. The molecule has 0 amide bonds. The highest BCUT2D eigenvalue weighted by Crippen LogP contribution is 2.35. The van der Waals surface area contributed by atoms with Crippen LogP contribution in [0.3, 0.4) is 0 Å². The number of benzene rings is 2. The third-order valence-electron chi connectivity index (χ3n) is 3.47. The molecule has 1 aromatic heterocycles. The lowest BCUT2D eigenvalue weighted by Gasteiger charge is -2.07. The van der Waals surface area contributed by atoms with Gasteiger partial charge in [-0.15, -0.1) is 0 Å². The molecule has 2 aromatic carbocycles. The van der Waals surface area contributed by atoms with Gasteiger partial charge in [-0.3, -0.25) is 0 Å². The van der Waals surface area contributed by atoms with Crippen molar-refractivity contribution in [3.8, 4) is 40.1 Å². The van der Waals surface area contributed by atoms with Crippen LogP contribution in [0.15, 0.2) is 40.9 Å². The van der Waals surface area contributed by atoms with Crippen molar-refractivity contribution in [1.82, 2.24) is 10.1 Å². The Labute approximate surface area is 143 Å². The molecule has 1 heterocycles. The van der Waals surface area contributed by atoms with Crippen LogP contribution in [0.1, 0.15) is 0 Å². The van der Waals surface area contributed by atoms with E-state index >= 15 is 0 Å². The highest BCUT2D eigenvalue weighted by molar-refractivity contribution is 6.30. The molecule has 24 heavy (non-hydrogen) atoms. The van der Waals surface area contributed by atoms with Gasteiger partial charge in [0.15, 0.2) is 0 Å². The van der Waals surface area contributed by atoms with E-state index in [2.05, 4.69) is 10.1 Å². The summed E-state index contributed by atoms with van der Waals surface area (Å²) in [5.74, 6) is 2.55. The van der Waals surface area contributed by atoms with Gasteiger partial charge in [0.05, 0.1) is 32.5 Å². The number of hydrogen-bond donors (Lipinski definition) is 0. The van der Waals surface area contributed by atoms with Gasteiger partial charge in [0.1, 0.15) is 17.2 Å². The molecule has 0 aliphatic heterocycles. The molecule has 0 bridgehead atoms. The van der Waals surface area contributed by atoms with E-state index in [1.807, 2.05) is 0 Å². The Balaban J connectivity index is 2.04. The lowest BCUT2D eigenvalue weighted by Crippen LogP contribution is -1.91. The Kier molecular flexibility index (Phi) is 4.57. The molecule has 0 fully saturated rings. The molecule has 0 saturated carbocycles.